The maximum absolute atomic E-state index is 10.7. The van der Waals surface area contributed by atoms with Gasteiger partial charge in [-0.05, 0) is 12.8 Å². The molecule has 2 atom stereocenters. The molecule has 0 unspecified atom stereocenters. The number of esters is 1. The zero-order valence-electron chi connectivity index (χ0n) is 6.05. The highest BCUT2D eigenvalue weighted by Gasteiger charge is 2.40. The average molecular weight is 128 g/mol. The molecule has 1 fully saturated rings. The van der Waals surface area contributed by atoms with Crippen LogP contribution in [0.25, 0.3) is 0 Å². The topological polar surface area (TPSA) is 26.3 Å². The average Bonchev–Trinajstić information content (AvgIpc) is 1.62. The van der Waals surface area contributed by atoms with E-state index in [-0.39, 0.29) is 18.0 Å². The monoisotopic (exact) mass is 128 g/mol. The quantitative estimate of drug-likeness (QED) is 0.496. The second-order valence-electron chi connectivity index (χ2n) is 2.91. The molecule has 1 heterocycles. The summed E-state index contributed by atoms with van der Waals surface area (Å²) in [7, 11) is 0. The molecular formula is C7H12O2. The second kappa shape index (κ2) is 2.01. The number of carbonyl (C=O) groups is 1. The first kappa shape index (κ1) is 6.59. The fourth-order valence-electron chi connectivity index (χ4n) is 1.27. The van der Waals surface area contributed by atoms with Crippen LogP contribution in [0.4, 0.5) is 0 Å². The third kappa shape index (κ3) is 0.934. The van der Waals surface area contributed by atoms with Crippen molar-refractivity contribution < 1.29 is 9.53 Å². The van der Waals surface area contributed by atoms with Crippen LogP contribution in [0.3, 0.4) is 0 Å². The summed E-state index contributed by atoms with van der Waals surface area (Å²) < 4.78 is 4.77. The normalized spacial score (nSPS) is 34.0. The minimum Gasteiger partial charge on any atom is -0.461 e. The number of ether oxygens (including phenoxy) is 1. The van der Waals surface area contributed by atoms with Crippen molar-refractivity contribution in [3.05, 3.63) is 0 Å². The van der Waals surface area contributed by atoms with Crippen molar-refractivity contribution in [1.82, 2.24) is 0 Å². The molecule has 1 aliphatic heterocycles. The molecule has 0 saturated carbocycles. The van der Waals surface area contributed by atoms with Crippen molar-refractivity contribution in [2.45, 2.75) is 26.9 Å². The predicted molar refractivity (Wildman–Crippen MR) is 33.9 cm³/mol. The molecule has 0 radical (unpaired) electrons. The number of rotatable bonds is 1. The Kier molecular flexibility index (Phi) is 1.47. The fraction of sp³-hybridized carbons (Fsp3) is 0.857. The molecule has 0 aromatic rings. The summed E-state index contributed by atoms with van der Waals surface area (Å²) in [4.78, 5) is 10.7. The Morgan fingerprint density at radius 1 is 1.56 bits per heavy atom. The van der Waals surface area contributed by atoms with Crippen molar-refractivity contribution in [2.24, 2.45) is 11.8 Å². The van der Waals surface area contributed by atoms with E-state index in [9.17, 15) is 4.79 Å². The van der Waals surface area contributed by atoms with Gasteiger partial charge < -0.3 is 4.74 Å². The van der Waals surface area contributed by atoms with Crippen LogP contribution in [-0.2, 0) is 9.53 Å². The Hall–Kier alpha value is -0.530. The first-order valence-electron chi connectivity index (χ1n) is 3.33. The molecule has 0 N–H and O–H groups in total. The molecular weight excluding hydrogens is 116 g/mol. The molecule has 2 heteroatoms. The van der Waals surface area contributed by atoms with Crippen molar-refractivity contribution in [2.75, 3.05) is 0 Å². The van der Waals surface area contributed by atoms with E-state index in [0.29, 0.717) is 5.92 Å². The highest BCUT2D eigenvalue weighted by Crippen LogP contribution is 2.28. The largest absolute Gasteiger partial charge is 0.461 e. The van der Waals surface area contributed by atoms with Crippen LogP contribution in [0.1, 0.15) is 20.8 Å². The summed E-state index contributed by atoms with van der Waals surface area (Å²) in [6.45, 7) is 6.02. The minimum absolute atomic E-state index is 0.0301. The van der Waals surface area contributed by atoms with Crippen molar-refractivity contribution in [3.63, 3.8) is 0 Å². The van der Waals surface area contributed by atoms with Crippen molar-refractivity contribution in [3.8, 4) is 0 Å². The van der Waals surface area contributed by atoms with Crippen LogP contribution in [0, 0.1) is 11.8 Å². The molecule has 1 aliphatic rings. The first-order chi connectivity index (χ1) is 4.13. The third-order valence-corrected chi connectivity index (χ3v) is 1.80. The van der Waals surface area contributed by atoms with Crippen molar-refractivity contribution >= 4 is 5.97 Å². The summed E-state index contributed by atoms with van der Waals surface area (Å²) >= 11 is 0. The minimum atomic E-state index is -0.0301. The summed E-state index contributed by atoms with van der Waals surface area (Å²) in [5, 5.41) is 0. The predicted octanol–water partition coefficient (Wildman–Crippen LogP) is 1.20. The van der Waals surface area contributed by atoms with Gasteiger partial charge in [0.2, 0.25) is 0 Å². The standard InChI is InChI=1S/C7H12O2/c1-4(2)6-5(3)9-7(6)8/h4-6H,1-3H3/t5-,6+/m1/s1. The van der Waals surface area contributed by atoms with E-state index in [1.165, 1.54) is 0 Å². The zero-order chi connectivity index (χ0) is 7.02. The maximum atomic E-state index is 10.7. The van der Waals surface area contributed by atoms with Gasteiger partial charge in [-0.1, -0.05) is 13.8 Å². The van der Waals surface area contributed by atoms with Crippen LogP contribution in [-0.4, -0.2) is 12.1 Å². The van der Waals surface area contributed by atoms with Gasteiger partial charge >= 0.3 is 5.97 Å². The highest BCUT2D eigenvalue weighted by molar-refractivity contribution is 5.78. The molecule has 52 valence electrons. The van der Waals surface area contributed by atoms with Crippen molar-refractivity contribution in [1.29, 1.82) is 0 Å². The third-order valence-electron chi connectivity index (χ3n) is 1.80. The Morgan fingerprint density at radius 3 is 2.22 bits per heavy atom. The van der Waals surface area contributed by atoms with Gasteiger partial charge in [0.05, 0.1) is 5.92 Å². The fourth-order valence-corrected chi connectivity index (χ4v) is 1.27. The van der Waals surface area contributed by atoms with E-state index < -0.39 is 0 Å². The number of hydrogen-bond donors (Lipinski definition) is 0. The van der Waals surface area contributed by atoms with Crippen LogP contribution < -0.4 is 0 Å². The smallest absolute Gasteiger partial charge is 0.313 e. The maximum Gasteiger partial charge on any atom is 0.313 e. The number of carbonyl (C=O) groups excluding carboxylic acids is 1. The van der Waals surface area contributed by atoms with Crippen LogP contribution in [0.15, 0.2) is 0 Å². The molecule has 0 bridgehead atoms. The Balaban J connectivity index is 2.49. The van der Waals surface area contributed by atoms with E-state index >= 15 is 0 Å². The van der Waals surface area contributed by atoms with Gasteiger partial charge in [0.15, 0.2) is 0 Å². The Bertz CT molecular complexity index is 124. The SMILES string of the molecule is CC(C)[C@@H]1C(=O)O[C@@H]1C. The van der Waals surface area contributed by atoms with Gasteiger partial charge in [-0.25, -0.2) is 0 Å². The summed E-state index contributed by atoms with van der Waals surface area (Å²) in [6.07, 6.45) is 0.150. The lowest BCUT2D eigenvalue weighted by atomic mass is 9.87. The van der Waals surface area contributed by atoms with Gasteiger partial charge in [-0.15, -0.1) is 0 Å². The van der Waals surface area contributed by atoms with Gasteiger partial charge in [-0.3, -0.25) is 4.79 Å². The number of hydrogen-bond acceptors (Lipinski definition) is 2. The lowest BCUT2D eigenvalue weighted by Crippen LogP contribution is -2.45. The van der Waals surface area contributed by atoms with E-state index in [4.69, 9.17) is 4.74 Å². The van der Waals surface area contributed by atoms with Gasteiger partial charge in [0.1, 0.15) is 6.10 Å². The first-order valence-corrected chi connectivity index (χ1v) is 3.33. The summed E-state index contributed by atoms with van der Waals surface area (Å²) in [6, 6.07) is 0. The number of cyclic esters (lactones) is 1. The zero-order valence-corrected chi connectivity index (χ0v) is 6.05. The van der Waals surface area contributed by atoms with Gasteiger partial charge in [0.25, 0.3) is 0 Å². The molecule has 0 aliphatic carbocycles. The molecule has 1 saturated heterocycles. The molecule has 0 aromatic heterocycles. The van der Waals surface area contributed by atoms with Crippen LogP contribution >= 0.6 is 0 Å². The van der Waals surface area contributed by atoms with E-state index in [0.717, 1.165) is 0 Å². The van der Waals surface area contributed by atoms with E-state index in [2.05, 4.69) is 0 Å². The van der Waals surface area contributed by atoms with E-state index in [1.54, 1.807) is 0 Å². The molecule has 9 heavy (non-hydrogen) atoms. The summed E-state index contributed by atoms with van der Waals surface area (Å²) in [5.41, 5.74) is 0. The molecule has 0 amide bonds. The molecule has 0 aromatic carbocycles. The van der Waals surface area contributed by atoms with Crippen LogP contribution in [0.5, 0.6) is 0 Å². The van der Waals surface area contributed by atoms with Crippen LogP contribution in [0.2, 0.25) is 0 Å². The Morgan fingerprint density at radius 2 is 2.11 bits per heavy atom. The molecule has 0 spiro atoms. The lowest BCUT2D eigenvalue weighted by molar-refractivity contribution is -0.186. The van der Waals surface area contributed by atoms with Gasteiger partial charge in [-0.2, -0.15) is 0 Å². The lowest BCUT2D eigenvalue weighted by Gasteiger charge is -2.34. The molecule has 1 rings (SSSR count). The Labute approximate surface area is 55.2 Å². The molecule has 2 nitrogen and oxygen atoms in total. The second-order valence-corrected chi connectivity index (χ2v) is 2.91. The summed E-state index contributed by atoms with van der Waals surface area (Å²) in [5.74, 6) is 0.559. The highest BCUT2D eigenvalue weighted by atomic mass is 16.6. The van der Waals surface area contributed by atoms with E-state index in [1.807, 2.05) is 20.8 Å². The van der Waals surface area contributed by atoms with Gasteiger partial charge in [0, 0.05) is 0 Å².